The van der Waals surface area contributed by atoms with Crippen LogP contribution in [0.5, 0.6) is 0 Å². The second kappa shape index (κ2) is 2.36. The fourth-order valence-corrected chi connectivity index (χ4v) is 1.14. The van der Waals surface area contributed by atoms with Crippen LogP contribution in [-0.4, -0.2) is 14.5 Å². The van der Waals surface area contributed by atoms with Crippen LogP contribution in [0, 0.1) is 0 Å². The first-order chi connectivity index (χ1) is 5.42. The number of rotatable bonds is 1. The summed E-state index contributed by atoms with van der Waals surface area (Å²) in [6.45, 7) is 0.0268. The number of aliphatic hydroxyl groups is 1. The molecule has 0 fully saturated rings. The summed E-state index contributed by atoms with van der Waals surface area (Å²) < 4.78 is 1.91. The first kappa shape index (κ1) is 6.37. The summed E-state index contributed by atoms with van der Waals surface area (Å²) in [7, 11) is 0. The molecule has 2 aromatic heterocycles. The highest BCUT2D eigenvalue weighted by molar-refractivity contribution is 5.45. The lowest BCUT2D eigenvalue weighted by Crippen LogP contribution is -1.95. The Morgan fingerprint density at radius 1 is 1.45 bits per heavy atom. The molecule has 0 saturated heterocycles. The van der Waals surface area contributed by atoms with Crippen LogP contribution in [-0.2, 0) is 6.61 Å². The molecule has 2 heterocycles. The van der Waals surface area contributed by atoms with E-state index in [-0.39, 0.29) is 6.61 Å². The van der Waals surface area contributed by atoms with Crippen molar-refractivity contribution in [1.29, 1.82) is 0 Å². The zero-order valence-corrected chi connectivity index (χ0v) is 5.94. The summed E-state index contributed by atoms with van der Waals surface area (Å²) in [6.07, 6.45) is 5.33. The van der Waals surface area contributed by atoms with E-state index in [1.165, 1.54) is 0 Å². The maximum absolute atomic E-state index is 8.89. The fourth-order valence-electron chi connectivity index (χ4n) is 1.14. The molecule has 11 heavy (non-hydrogen) atoms. The molecule has 0 radical (unpaired) electrons. The van der Waals surface area contributed by atoms with Gasteiger partial charge < -0.3 is 9.51 Å². The lowest BCUT2D eigenvalue weighted by atomic mass is 10.4. The summed E-state index contributed by atoms with van der Waals surface area (Å²) in [5.74, 6) is 0. The average Bonchev–Trinajstić information content (AvgIpc) is 2.50. The zero-order valence-electron chi connectivity index (χ0n) is 5.94. The number of hydrogen-bond acceptors (Lipinski definition) is 2. The van der Waals surface area contributed by atoms with Gasteiger partial charge in [-0.05, 0) is 12.1 Å². The summed E-state index contributed by atoms with van der Waals surface area (Å²) in [6, 6.07) is 3.88. The number of nitrogens with zero attached hydrogens (tertiary/aromatic N) is 2. The standard InChI is InChI=1S/C8H8N2O/c11-6-8-5-9-4-7-2-1-3-10(7)8/h1-5,11H,6H2. The smallest absolute Gasteiger partial charge is 0.0852 e. The third-order valence-electron chi connectivity index (χ3n) is 1.68. The third kappa shape index (κ3) is 0.897. The van der Waals surface area contributed by atoms with Gasteiger partial charge in [-0.25, -0.2) is 0 Å². The van der Waals surface area contributed by atoms with E-state index in [1.807, 2.05) is 22.7 Å². The maximum atomic E-state index is 8.89. The lowest BCUT2D eigenvalue weighted by Gasteiger charge is -1.99. The molecular formula is C8H8N2O. The van der Waals surface area contributed by atoms with Crippen molar-refractivity contribution in [1.82, 2.24) is 9.38 Å². The first-order valence-electron chi connectivity index (χ1n) is 3.42. The minimum Gasteiger partial charge on any atom is -0.390 e. The molecule has 3 nitrogen and oxygen atoms in total. The quantitative estimate of drug-likeness (QED) is 0.650. The molecule has 0 spiro atoms. The van der Waals surface area contributed by atoms with Gasteiger partial charge in [0, 0.05) is 12.4 Å². The van der Waals surface area contributed by atoms with Crippen molar-refractivity contribution in [3.8, 4) is 0 Å². The molecule has 0 aliphatic carbocycles. The van der Waals surface area contributed by atoms with E-state index in [1.54, 1.807) is 12.4 Å². The zero-order chi connectivity index (χ0) is 7.68. The van der Waals surface area contributed by atoms with Crippen molar-refractivity contribution in [2.24, 2.45) is 0 Å². The van der Waals surface area contributed by atoms with Crippen molar-refractivity contribution >= 4 is 5.52 Å². The minimum absolute atomic E-state index is 0.0268. The number of aliphatic hydroxyl groups excluding tert-OH is 1. The van der Waals surface area contributed by atoms with Gasteiger partial charge in [-0.3, -0.25) is 4.98 Å². The summed E-state index contributed by atoms with van der Waals surface area (Å²) in [4.78, 5) is 3.98. The molecule has 0 atom stereocenters. The lowest BCUT2D eigenvalue weighted by molar-refractivity contribution is 0.275. The van der Waals surface area contributed by atoms with Crippen LogP contribution < -0.4 is 0 Å². The van der Waals surface area contributed by atoms with E-state index in [0.29, 0.717) is 0 Å². The van der Waals surface area contributed by atoms with Crippen LogP contribution >= 0.6 is 0 Å². The number of aromatic nitrogens is 2. The predicted molar refractivity (Wildman–Crippen MR) is 41.1 cm³/mol. The summed E-state index contributed by atoms with van der Waals surface area (Å²) >= 11 is 0. The Hall–Kier alpha value is -1.35. The Kier molecular flexibility index (Phi) is 1.36. The maximum Gasteiger partial charge on any atom is 0.0852 e. The Bertz CT molecular complexity index is 367. The number of fused-ring (bicyclic) bond motifs is 1. The molecule has 0 bridgehead atoms. The predicted octanol–water partition coefficient (Wildman–Crippen LogP) is 0.827. The molecule has 56 valence electrons. The van der Waals surface area contributed by atoms with Gasteiger partial charge in [-0.15, -0.1) is 0 Å². The van der Waals surface area contributed by atoms with Gasteiger partial charge in [0.1, 0.15) is 0 Å². The second-order valence-electron chi connectivity index (χ2n) is 2.36. The Labute approximate surface area is 63.9 Å². The Balaban J connectivity index is 2.79. The molecule has 0 aromatic carbocycles. The summed E-state index contributed by atoms with van der Waals surface area (Å²) in [5, 5.41) is 8.89. The average molecular weight is 148 g/mol. The van der Waals surface area contributed by atoms with E-state index in [0.717, 1.165) is 11.2 Å². The highest BCUT2D eigenvalue weighted by atomic mass is 16.3. The van der Waals surface area contributed by atoms with E-state index < -0.39 is 0 Å². The van der Waals surface area contributed by atoms with Crippen LogP contribution in [0.25, 0.3) is 5.52 Å². The highest BCUT2D eigenvalue weighted by Gasteiger charge is 1.96. The van der Waals surface area contributed by atoms with Crippen molar-refractivity contribution < 1.29 is 5.11 Å². The van der Waals surface area contributed by atoms with Crippen molar-refractivity contribution in [3.05, 3.63) is 36.4 Å². The van der Waals surface area contributed by atoms with Crippen molar-refractivity contribution in [2.75, 3.05) is 0 Å². The normalized spacial score (nSPS) is 10.6. The molecule has 0 aliphatic rings. The van der Waals surface area contributed by atoms with Gasteiger partial charge in [-0.2, -0.15) is 0 Å². The van der Waals surface area contributed by atoms with Gasteiger partial charge in [0.05, 0.1) is 24.0 Å². The molecule has 3 heteroatoms. The molecule has 2 aromatic rings. The Morgan fingerprint density at radius 3 is 3.18 bits per heavy atom. The van der Waals surface area contributed by atoms with Crippen LogP contribution in [0.1, 0.15) is 5.69 Å². The van der Waals surface area contributed by atoms with Crippen LogP contribution in [0.4, 0.5) is 0 Å². The van der Waals surface area contributed by atoms with Crippen molar-refractivity contribution in [2.45, 2.75) is 6.61 Å². The Morgan fingerprint density at radius 2 is 2.36 bits per heavy atom. The fraction of sp³-hybridized carbons (Fsp3) is 0.125. The van der Waals surface area contributed by atoms with Crippen LogP contribution in [0.2, 0.25) is 0 Å². The number of hydrogen-bond donors (Lipinski definition) is 1. The van der Waals surface area contributed by atoms with Gasteiger partial charge in [0.25, 0.3) is 0 Å². The van der Waals surface area contributed by atoms with Gasteiger partial charge in [0.2, 0.25) is 0 Å². The molecule has 0 aliphatic heterocycles. The minimum atomic E-state index is 0.0268. The molecule has 2 rings (SSSR count). The molecule has 0 unspecified atom stereocenters. The first-order valence-corrected chi connectivity index (χ1v) is 3.42. The molecule has 0 saturated carbocycles. The second-order valence-corrected chi connectivity index (χ2v) is 2.36. The monoisotopic (exact) mass is 148 g/mol. The van der Waals surface area contributed by atoms with E-state index in [9.17, 15) is 0 Å². The largest absolute Gasteiger partial charge is 0.390 e. The third-order valence-corrected chi connectivity index (χ3v) is 1.68. The molecule has 1 N–H and O–H groups in total. The van der Waals surface area contributed by atoms with E-state index in [2.05, 4.69) is 4.98 Å². The van der Waals surface area contributed by atoms with Gasteiger partial charge in [0.15, 0.2) is 0 Å². The highest BCUT2D eigenvalue weighted by Crippen LogP contribution is 2.05. The van der Waals surface area contributed by atoms with E-state index >= 15 is 0 Å². The molecule has 0 amide bonds. The topological polar surface area (TPSA) is 37.5 Å². The van der Waals surface area contributed by atoms with Crippen molar-refractivity contribution in [3.63, 3.8) is 0 Å². The van der Waals surface area contributed by atoms with Gasteiger partial charge in [-0.1, -0.05) is 0 Å². The SMILES string of the molecule is OCc1cncc2cccn12. The molecular weight excluding hydrogens is 140 g/mol. The summed E-state index contributed by atoms with van der Waals surface area (Å²) in [5.41, 5.74) is 1.82. The van der Waals surface area contributed by atoms with Gasteiger partial charge >= 0.3 is 0 Å². The van der Waals surface area contributed by atoms with Crippen LogP contribution in [0.3, 0.4) is 0 Å². The van der Waals surface area contributed by atoms with E-state index in [4.69, 9.17) is 5.11 Å². The van der Waals surface area contributed by atoms with Crippen LogP contribution in [0.15, 0.2) is 30.7 Å².